The summed E-state index contributed by atoms with van der Waals surface area (Å²) in [4.78, 5) is 10.2. The van der Waals surface area contributed by atoms with Gasteiger partial charge >= 0.3 is 0 Å². The van der Waals surface area contributed by atoms with E-state index in [0.717, 1.165) is 11.1 Å². The van der Waals surface area contributed by atoms with Gasteiger partial charge in [-0.3, -0.25) is 10.1 Å². The lowest BCUT2D eigenvalue weighted by atomic mass is 10.00. The molecular formula is C15H19N3O2. The van der Waals surface area contributed by atoms with Crippen molar-refractivity contribution in [2.24, 2.45) is 11.7 Å². The summed E-state index contributed by atoms with van der Waals surface area (Å²) in [5, 5.41) is 10.6. The van der Waals surface area contributed by atoms with Crippen LogP contribution < -0.4 is 5.73 Å². The average Bonchev–Trinajstić information content (AvgIpc) is 2.86. The van der Waals surface area contributed by atoms with Gasteiger partial charge in [0.25, 0.3) is 5.69 Å². The highest BCUT2D eigenvalue weighted by molar-refractivity contribution is 5.33. The Hall–Kier alpha value is -2.14. The fourth-order valence-corrected chi connectivity index (χ4v) is 2.07. The van der Waals surface area contributed by atoms with Crippen molar-refractivity contribution in [3.63, 3.8) is 0 Å². The van der Waals surface area contributed by atoms with Gasteiger partial charge in [-0.05, 0) is 23.1 Å². The molecule has 0 bridgehead atoms. The number of nitro benzene ring substituents is 1. The number of rotatable bonds is 5. The second-order valence-corrected chi connectivity index (χ2v) is 5.31. The fourth-order valence-electron chi connectivity index (χ4n) is 2.07. The Morgan fingerprint density at radius 2 is 1.90 bits per heavy atom. The molecule has 0 aliphatic heterocycles. The first-order chi connectivity index (χ1) is 9.47. The second-order valence-electron chi connectivity index (χ2n) is 5.31. The summed E-state index contributed by atoms with van der Waals surface area (Å²) >= 11 is 0. The maximum Gasteiger partial charge on any atom is 0.269 e. The lowest BCUT2D eigenvalue weighted by Gasteiger charge is -2.13. The van der Waals surface area contributed by atoms with Crippen LogP contribution in [0.2, 0.25) is 0 Å². The Labute approximate surface area is 118 Å². The van der Waals surface area contributed by atoms with Crippen LogP contribution in [0.3, 0.4) is 0 Å². The molecule has 1 aromatic carbocycles. The smallest absolute Gasteiger partial charge is 0.269 e. The van der Waals surface area contributed by atoms with E-state index in [2.05, 4.69) is 13.8 Å². The Balaban J connectivity index is 2.08. The summed E-state index contributed by atoms with van der Waals surface area (Å²) in [7, 11) is 0. The van der Waals surface area contributed by atoms with Crippen molar-refractivity contribution in [3.05, 3.63) is 64.0 Å². The van der Waals surface area contributed by atoms with Crippen molar-refractivity contribution in [3.8, 4) is 0 Å². The summed E-state index contributed by atoms with van der Waals surface area (Å²) in [5.74, 6) is 0.394. The molecule has 1 unspecified atom stereocenters. The summed E-state index contributed by atoms with van der Waals surface area (Å²) in [6, 6.07) is 8.67. The van der Waals surface area contributed by atoms with Crippen molar-refractivity contribution in [1.82, 2.24) is 4.57 Å². The Bertz CT molecular complexity index is 587. The predicted octanol–water partition coefficient (Wildman–Crippen LogP) is 3.10. The van der Waals surface area contributed by atoms with Crippen LogP contribution in [0.25, 0.3) is 0 Å². The average molecular weight is 273 g/mol. The van der Waals surface area contributed by atoms with Gasteiger partial charge in [-0.15, -0.1) is 0 Å². The summed E-state index contributed by atoms with van der Waals surface area (Å²) in [5.41, 5.74) is 8.36. The van der Waals surface area contributed by atoms with Crippen LogP contribution >= 0.6 is 0 Å². The van der Waals surface area contributed by atoms with Crippen LogP contribution in [0.5, 0.6) is 0 Å². The topological polar surface area (TPSA) is 74.1 Å². The molecule has 0 aliphatic carbocycles. The van der Waals surface area contributed by atoms with Crippen LogP contribution in [0.1, 0.15) is 31.0 Å². The van der Waals surface area contributed by atoms with Gasteiger partial charge in [0.15, 0.2) is 0 Å². The fraction of sp³-hybridized carbons (Fsp3) is 0.333. The Kier molecular flexibility index (Phi) is 4.20. The summed E-state index contributed by atoms with van der Waals surface area (Å²) in [6.45, 7) is 4.87. The summed E-state index contributed by atoms with van der Waals surface area (Å²) < 4.78 is 2.04. The van der Waals surface area contributed by atoms with Gasteiger partial charge in [0.2, 0.25) is 0 Å². The van der Waals surface area contributed by atoms with Crippen LogP contribution in [-0.2, 0) is 6.54 Å². The van der Waals surface area contributed by atoms with Gasteiger partial charge in [-0.1, -0.05) is 26.0 Å². The molecule has 2 N–H and O–H groups in total. The molecule has 0 saturated heterocycles. The lowest BCUT2D eigenvalue weighted by molar-refractivity contribution is -0.384. The van der Waals surface area contributed by atoms with E-state index in [1.165, 1.54) is 12.1 Å². The molecule has 5 heteroatoms. The molecule has 1 aromatic heterocycles. The zero-order chi connectivity index (χ0) is 14.7. The number of nitro groups is 1. The highest BCUT2D eigenvalue weighted by Crippen LogP contribution is 2.20. The lowest BCUT2D eigenvalue weighted by Crippen LogP contribution is -2.15. The quantitative estimate of drug-likeness (QED) is 0.672. The zero-order valence-corrected chi connectivity index (χ0v) is 11.7. The highest BCUT2D eigenvalue weighted by Gasteiger charge is 2.11. The predicted molar refractivity (Wildman–Crippen MR) is 78.4 cm³/mol. The van der Waals surface area contributed by atoms with Gasteiger partial charge < -0.3 is 10.3 Å². The molecule has 0 aliphatic rings. The maximum atomic E-state index is 10.6. The highest BCUT2D eigenvalue weighted by atomic mass is 16.6. The van der Waals surface area contributed by atoms with Crippen molar-refractivity contribution in [2.75, 3.05) is 0 Å². The number of nitrogens with two attached hydrogens (primary N) is 1. The standard InChI is InChI=1S/C15H19N3O2/c1-11(2)15(16)13-7-8-17(10-13)9-12-3-5-14(6-4-12)18(19)20/h3-8,10-11,15H,9,16H2,1-2H3. The van der Waals surface area contributed by atoms with Crippen molar-refractivity contribution in [2.45, 2.75) is 26.4 Å². The molecule has 1 atom stereocenters. The number of benzene rings is 1. The number of hydrogen-bond acceptors (Lipinski definition) is 3. The maximum absolute atomic E-state index is 10.6. The first kappa shape index (κ1) is 14.3. The van der Waals surface area contributed by atoms with E-state index in [4.69, 9.17) is 5.73 Å². The van der Waals surface area contributed by atoms with E-state index < -0.39 is 0 Å². The van der Waals surface area contributed by atoms with Gasteiger partial charge in [0.05, 0.1) is 4.92 Å². The molecule has 0 saturated carbocycles. The molecule has 0 fully saturated rings. The van der Waals surface area contributed by atoms with E-state index >= 15 is 0 Å². The molecule has 0 spiro atoms. The number of nitrogens with zero attached hydrogens (tertiary/aromatic N) is 2. The number of aromatic nitrogens is 1. The molecule has 106 valence electrons. The minimum Gasteiger partial charge on any atom is -0.350 e. The van der Waals surface area contributed by atoms with E-state index in [1.54, 1.807) is 12.1 Å². The second kappa shape index (κ2) is 5.88. The third-order valence-electron chi connectivity index (χ3n) is 3.39. The van der Waals surface area contributed by atoms with Crippen LogP contribution in [0.15, 0.2) is 42.7 Å². The van der Waals surface area contributed by atoms with E-state index in [9.17, 15) is 10.1 Å². The third-order valence-corrected chi connectivity index (χ3v) is 3.39. The first-order valence-corrected chi connectivity index (χ1v) is 6.62. The van der Waals surface area contributed by atoms with Crippen molar-refractivity contribution in [1.29, 1.82) is 0 Å². The van der Waals surface area contributed by atoms with E-state index in [-0.39, 0.29) is 16.7 Å². The monoisotopic (exact) mass is 273 g/mol. The Morgan fingerprint density at radius 3 is 2.45 bits per heavy atom. The molecule has 5 nitrogen and oxygen atoms in total. The van der Waals surface area contributed by atoms with Gasteiger partial charge in [0, 0.05) is 37.1 Å². The third kappa shape index (κ3) is 3.24. The molecule has 2 rings (SSSR count). The summed E-state index contributed by atoms with van der Waals surface area (Å²) in [6.07, 6.45) is 4.02. The molecular weight excluding hydrogens is 254 g/mol. The molecule has 0 amide bonds. The largest absolute Gasteiger partial charge is 0.350 e. The molecule has 1 heterocycles. The van der Waals surface area contributed by atoms with Crippen LogP contribution in [0.4, 0.5) is 5.69 Å². The Morgan fingerprint density at radius 1 is 1.25 bits per heavy atom. The van der Waals surface area contributed by atoms with Gasteiger partial charge in [-0.2, -0.15) is 0 Å². The van der Waals surface area contributed by atoms with Crippen molar-refractivity contribution < 1.29 is 4.92 Å². The normalized spacial score (nSPS) is 12.6. The minimum absolute atomic E-state index is 0.0353. The van der Waals surface area contributed by atoms with Crippen LogP contribution in [-0.4, -0.2) is 9.49 Å². The van der Waals surface area contributed by atoms with Crippen LogP contribution in [0, 0.1) is 16.0 Å². The molecule has 0 radical (unpaired) electrons. The van der Waals surface area contributed by atoms with Crippen molar-refractivity contribution >= 4 is 5.69 Å². The minimum atomic E-state index is -0.390. The molecule has 20 heavy (non-hydrogen) atoms. The SMILES string of the molecule is CC(C)C(N)c1ccn(Cc2ccc([N+](=O)[O-])cc2)c1. The first-order valence-electron chi connectivity index (χ1n) is 6.62. The van der Waals surface area contributed by atoms with Gasteiger partial charge in [0.1, 0.15) is 0 Å². The molecule has 2 aromatic rings. The zero-order valence-electron chi connectivity index (χ0n) is 11.7. The number of non-ortho nitro benzene ring substituents is 1. The van der Waals surface area contributed by atoms with Gasteiger partial charge in [-0.25, -0.2) is 0 Å². The van der Waals surface area contributed by atoms with E-state index in [0.29, 0.717) is 12.5 Å². The van der Waals surface area contributed by atoms with E-state index in [1.807, 2.05) is 23.0 Å². The number of hydrogen-bond donors (Lipinski definition) is 1.